The molecular weight excluding hydrogens is 262 g/mol. The van der Waals surface area contributed by atoms with Crippen molar-refractivity contribution in [1.82, 2.24) is 10.1 Å². The highest BCUT2D eigenvalue weighted by Gasteiger charge is 2.62. The molecule has 0 amide bonds. The predicted octanol–water partition coefficient (Wildman–Crippen LogP) is 3.73. The van der Waals surface area contributed by atoms with Crippen LogP contribution in [-0.2, 0) is 5.41 Å². The van der Waals surface area contributed by atoms with Gasteiger partial charge in [0.2, 0.25) is 5.89 Å². The minimum atomic E-state index is -0.119. The first-order chi connectivity index (χ1) is 9.85. The fourth-order valence-electron chi connectivity index (χ4n) is 6.47. The molecular formula is C17H27N3O. The quantitative estimate of drug-likeness (QED) is 0.921. The number of hydrogen-bond donors (Lipinski definition) is 1. The minimum absolute atomic E-state index is 0.119. The molecule has 4 saturated carbocycles. The molecule has 4 heteroatoms. The zero-order valence-corrected chi connectivity index (χ0v) is 13.5. The summed E-state index contributed by atoms with van der Waals surface area (Å²) in [5, 5.41) is 4.37. The average molecular weight is 289 g/mol. The van der Waals surface area contributed by atoms with Crippen molar-refractivity contribution in [1.29, 1.82) is 0 Å². The molecule has 4 fully saturated rings. The van der Waals surface area contributed by atoms with Crippen LogP contribution in [0.1, 0.15) is 83.5 Å². The third-order valence-corrected chi connectivity index (χ3v) is 6.30. The fourth-order valence-corrected chi connectivity index (χ4v) is 6.47. The monoisotopic (exact) mass is 289 g/mol. The van der Waals surface area contributed by atoms with Crippen LogP contribution >= 0.6 is 0 Å². The van der Waals surface area contributed by atoms with E-state index in [4.69, 9.17) is 15.2 Å². The zero-order chi connectivity index (χ0) is 14.9. The first kappa shape index (κ1) is 13.7. The van der Waals surface area contributed by atoms with E-state index in [9.17, 15) is 0 Å². The molecule has 0 aromatic carbocycles. The van der Waals surface area contributed by atoms with Gasteiger partial charge in [-0.1, -0.05) is 25.9 Å². The number of nitrogens with zero attached hydrogens (tertiary/aromatic N) is 2. The second-order valence-electron chi connectivity index (χ2n) is 8.88. The lowest BCUT2D eigenvalue weighted by Crippen LogP contribution is -2.57. The Bertz CT molecular complexity index is 548. The number of aromatic nitrogens is 2. The van der Waals surface area contributed by atoms with Crippen LogP contribution < -0.4 is 5.73 Å². The van der Waals surface area contributed by atoms with Crippen molar-refractivity contribution in [2.45, 2.75) is 77.2 Å². The molecule has 0 saturated heterocycles. The second-order valence-corrected chi connectivity index (χ2v) is 8.88. The highest BCUT2D eigenvalue weighted by Crippen LogP contribution is 2.69. The van der Waals surface area contributed by atoms with E-state index in [1.807, 2.05) is 0 Å². The highest BCUT2D eigenvalue weighted by molar-refractivity contribution is 5.21. The Kier molecular flexibility index (Phi) is 2.68. The van der Waals surface area contributed by atoms with Crippen molar-refractivity contribution in [3.63, 3.8) is 0 Å². The summed E-state index contributed by atoms with van der Waals surface area (Å²) < 4.78 is 5.49. The number of nitrogens with two attached hydrogens (primary N) is 1. The van der Waals surface area contributed by atoms with E-state index in [1.165, 1.54) is 38.5 Å². The summed E-state index contributed by atoms with van der Waals surface area (Å²) in [6.45, 7) is 7.01. The lowest BCUT2D eigenvalue weighted by atomic mass is 9.40. The van der Waals surface area contributed by atoms with E-state index in [0.717, 1.165) is 18.2 Å². The summed E-state index contributed by atoms with van der Waals surface area (Å²) in [7, 11) is 0. The lowest BCUT2D eigenvalue weighted by molar-refractivity contribution is -0.113. The SMILES string of the molecule is CC[C@H](N)c1nc(C23CC4CC(C)(CC(C)(C4)C2)C3)no1. The Morgan fingerprint density at radius 3 is 2.43 bits per heavy atom. The van der Waals surface area contributed by atoms with Gasteiger partial charge in [-0.15, -0.1) is 0 Å². The average Bonchev–Trinajstić information content (AvgIpc) is 2.83. The molecule has 5 rings (SSSR count). The van der Waals surface area contributed by atoms with Gasteiger partial charge in [-0.3, -0.25) is 0 Å². The molecule has 0 aliphatic heterocycles. The molecule has 4 aliphatic carbocycles. The molecule has 2 N–H and O–H groups in total. The van der Waals surface area contributed by atoms with Gasteiger partial charge in [0, 0.05) is 5.41 Å². The van der Waals surface area contributed by atoms with Gasteiger partial charge in [-0.2, -0.15) is 4.98 Å². The van der Waals surface area contributed by atoms with Gasteiger partial charge in [0.25, 0.3) is 0 Å². The van der Waals surface area contributed by atoms with Gasteiger partial charge in [0.1, 0.15) is 0 Å². The van der Waals surface area contributed by atoms with E-state index in [-0.39, 0.29) is 11.5 Å². The van der Waals surface area contributed by atoms with Crippen molar-refractivity contribution in [2.24, 2.45) is 22.5 Å². The third-order valence-electron chi connectivity index (χ3n) is 6.30. The van der Waals surface area contributed by atoms with E-state index in [1.54, 1.807) is 0 Å². The fraction of sp³-hybridized carbons (Fsp3) is 0.882. The Balaban J connectivity index is 1.72. The van der Waals surface area contributed by atoms with Crippen molar-refractivity contribution in [3.8, 4) is 0 Å². The molecule has 1 aromatic rings. The zero-order valence-electron chi connectivity index (χ0n) is 13.5. The number of hydrogen-bond acceptors (Lipinski definition) is 4. The maximum atomic E-state index is 6.05. The number of rotatable bonds is 3. The van der Waals surface area contributed by atoms with Crippen LogP contribution in [0.25, 0.3) is 0 Å². The maximum Gasteiger partial charge on any atom is 0.243 e. The smallest absolute Gasteiger partial charge is 0.243 e. The molecule has 116 valence electrons. The summed E-state index contributed by atoms with van der Waals surface area (Å²) in [6, 6.07) is -0.119. The summed E-state index contributed by atoms with van der Waals surface area (Å²) in [6.07, 6.45) is 8.70. The minimum Gasteiger partial charge on any atom is -0.338 e. The van der Waals surface area contributed by atoms with Crippen LogP contribution in [0.2, 0.25) is 0 Å². The first-order valence-electron chi connectivity index (χ1n) is 8.45. The van der Waals surface area contributed by atoms with E-state index < -0.39 is 0 Å². The molecule has 3 atom stereocenters. The molecule has 1 aromatic heterocycles. The lowest BCUT2D eigenvalue weighted by Gasteiger charge is -2.64. The van der Waals surface area contributed by atoms with Gasteiger partial charge in [-0.05, 0) is 61.7 Å². The summed E-state index contributed by atoms with van der Waals surface area (Å²) in [5.41, 5.74) is 7.15. The van der Waals surface area contributed by atoms with Crippen LogP contribution in [0, 0.1) is 16.7 Å². The summed E-state index contributed by atoms with van der Waals surface area (Å²) in [4.78, 5) is 4.73. The van der Waals surface area contributed by atoms with Crippen LogP contribution in [-0.4, -0.2) is 10.1 Å². The van der Waals surface area contributed by atoms with Gasteiger partial charge in [-0.25, -0.2) is 0 Å². The topological polar surface area (TPSA) is 64.9 Å². The highest BCUT2D eigenvalue weighted by atomic mass is 16.5. The van der Waals surface area contributed by atoms with Crippen LogP contribution in [0.4, 0.5) is 0 Å². The van der Waals surface area contributed by atoms with Crippen molar-refractivity contribution < 1.29 is 4.52 Å². The maximum absolute atomic E-state index is 6.05. The second kappa shape index (κ2) is 4.09. The van der Waals surface area contributed by atoms with E-state index >= 15 is 0 Å². The van der Waals surface area contributed by atoms with Crippen molar-refractivity contribution in [3.05, 3.63) is 11.7 Å². The van der Waals surface area contributed by atoms with Gasteiger partial charge in [0.05, 0.1) is 6.04 Å². The predicted molar refractivity (Wildman–Crippen MR) is 80.6 cm³/mol. The van der Waals surface area contributed by atoms with E-state index in [0.29, 0.717) is 16.7 Å². The van der Waals surface area contributed by atoms with Crippen LogP contribution in [0.3, 0.4) is 0 Å². The molecule has 4 nitrogen and oxygen atoms in total. The summed E-state index contributed by atoms with van der Waals surface area (Å²) >= 11 is 0. The van der Waals surface area contributed by atoms with Crippen LogP contribution in [0.5, 0.6) is 0 Å². The standard InChI is InChI=1S/C17H27N3O/c1-4-12(18)13-19-14(20-21-13)17-7-11-5-15(2,9-17)8-16(3,6-11)10-17/h11-12H,4-10,18H2,1-3H3/t11?,12-,15?,16?,17?/m0/s1. The van der Waals surface area contributed by atoms with Gasteiger partial charge in [0.15, 0.2) is 5.82 Å². The molecule has 21 heavy (non-hydrogen) atoms. The Hall–Kier alpha value is -0.900. The molecule has 1 heterocycles. The molecule has 2 unspecified atom stereocenters. The van der Waals surface area contributed by atoms with Gasteiger partial charge >= 0.3 is 0 Å². The normalized spacial score (nSPS) is 46.0. The molecule has 4 aliphatic rings. The molecule has 0 spiro atoms. The largest absolute Gasteiger partial charge is 0.338 e. The van der Waals surface area contributed by atoms with E-state index in [2.05, 4.69) is 25.9 Å². The van der Waals surface area contributed by atoms with Gasteiger partial charge < -0.3 is 10.3 Å². The molecule has 0 radical (unpaired) electrons. The third kappa shape index (κ3) is 1.98. The Morgan fingerprint density at radius 2 is 1.86 bits per heavy atom. The Morgan fingerprint density at radius 1 is 1.19 bits per heavy atom. The Labute approximate surface area is 126 Å². The molecule has 4 bridgehead atoms. The van der Waals surface area contributed by atoms with Crippen LogP contribution in [0.15, 0.2) is 4.52 Å². The van der Waals surface area contributed by atoms with Crippen molar-refractivity contribution in [2.75, 3.05) is 0 Å². The first-order valence-corrected chi connectivity index (χ1v) is 8.45. The summed E-state index contributed by atoms with van der Waals surface area (Å²) in [5.74, 6) is 2.42. The van der Waals surface area contributed by atoms with Crippen molar-refractivity contribution >= 4 is 0 Å².